The molecule has 9 nitrogen and oxygen atoms in total. The molecule has 2 aliphatic rings. The Morgan fingerprint density at radius 2 is 2.16 bits per heavy atom. The number of pyridine rings is 2. The zero-order valence-electron chi connectivity index (χ0n) is 20.6. The second-order valence-corrected chi connectivity index (χ2v) is 10.3. The van der Waals surface area contributed by atoms with Gasteiger partial charge in [0.05, 0.1) is 41.7 Å². The van der Waals surface area contributed by atoms with Gasteiger partial charge in [0.1, 0.15) is 12.4 Å². The first-order valence-corrected chi connectivity index (χ1v) is 13.0. The summed E-state index contributed by atoms with van der Waals surface area (Å²) in [6.07, 6.45) is 2.93. The SMILES string of the molecule is COCc1c(C(O)(C=O)SC)cc2n(c1=O)Cc1c-2nc2cc(F)c(C)c3c2c1C(NC(=O)CO)CC3. The fraction of sp³-hybridized carbons (Fsp3) is 0.385. The van der Waals surface area contributed by atoms with E-state index in [1.54, 1.807) is 19.2 Å². The second kappa shape index (κ2) is 9.32. The Bertz CT molecular complexity index is 1540. The predicted molar refractivity (Wildman–Crippen MR) is 136 cm³/mol. The Morgan fingerprint density at radius 3 is 2.81 bits per heavy atom. The van der Waals surface area contributed by atoms with Gasteiger partial charge in [-0.2, -0.15) is 0 Å². The van der Waals surface area contributed by atoms with Crippen molar-refractivity contribution in [1.29, 1.82) is 0 Å². The lowest BCUT2D eigenvalue weighted by atomic mass is 9.81. The van der Waals surface area contributed by atoms with Gasteiger partial charge in [-0.3, -0.25) is 14.4 Å². The van der Waals surface area contributed by atoms with E-state index < -0.39 is 34.9 Å². The highest BCUT2D eigenvalue weighted by Gasteiger charge is 2.38. The van der Waals surface area contributed by atoms with Crippen molar-refractivity contribution >= 4 is 34.9 Å². The van der Waals surface area contributed by atoms with E-state index in [4.69, 9.17) is 9.72 Å². The molecule has 5 rings (SSSR count). The number of methoxy groups -OCH3 is 1. The number of carbonyl (C=O) groups excluding carboxylic acids is 2. The highest BCUT2D eigenvalue weighted by atomic mass is 32.2. The normalized spacial score (nSPS) is 17.3. The summed E-state index contributed by atoms with van der Waals surface area (Å²) in [4.78, 5) is 40.5. The molecule has 0 radical (unpaired) electrons. The van der Waals surface area contributed by atoms with Crippen LogP contribution < -0.4 is 10.9 Å². The third-order valence-corrected chi connectivity index (χ3v) is 8.30. The molecule has 194 valence electrons. The third-order valence-electron chi connectivity index (χ3n) is 7.36. The number of halogens is 1. The zero-order chi connectivity index (χ0) is 26.6. The monoisotopic (exact) mass is 527 g/mol. The molecular weight excluding hydrogens is 501 g/mol. The maximum atomic E-state index is 14.9. The minimum Gasteiger partial charge on any atom is -0.387 e. The minimum absolute atomic E-state index is 0.109. The van der Waals surface area contributed by atoms with E-state index in [1.165, 1.54) is 17.7 Å². The summed E-state index contributed by atoms with van der Waals surface area (Å²) in [7, 11) is 1.42. The number of aromatic nitrogens is 2. The number of nitrogens with zero attached hydrogens (tertiary/aromatic N) is 2. The van der Waals surface area contributed by atoms with E-state index in [1.807, 2.05) is 0 Å². The second-order valence-electron chi connectivity index (χ2n) is 9.29. The van der Waals surface area contributed by atoms with Gasteiger partial charge in [0.2, 0.25) is 5.91 Å². The highest BCUT2D eigenvalue weighted by Crippen LogP contribution is 2.45. The summed E-state index contributed by atoms with van der Waals surface area (Å²) in [5, 5.41) is 24.0. The van der Waals surface area contributed by atoms with E-state index in [-0.39, 0.29) is 24.3 Å². The van der Waals surface area contributed by atoms with Gasteiger partial charge < -0.3 is 24.8 Å². The van der Waals surface area contributed by atoms with Gasteiger partial charge >= 0.3 is 0 Å². The molecule has 11 heteroatoms. The van der Waals surface area contributed by atoms with Crippen molar-refractivity contribution in [1.82, 2.24) is 14.9 Å². The standard InChI is InChI=1S/C26H26FN3O6S/c1-12-13-4-5-18(28-21(33)9-31)23-14-8-30-20(24(14)29-19(22(13)23)7-17(12)27)6-16(26(35,11-32)37-3)15(10-36-2)25(30)34/h6-7,11,18,31,35H,4-5,8-10H2,1-3H3,(H,28,33). The average molecular weight is 528 g/mol. The number of ether oxygens (including phenoxy) is 1. The van der Waals surface area contributed by atoms with Gasteiger partial charge in [-0.1, -0.05) is 0 Å². The molecule has 1 aliphatic heterocycles. The van der Waals surface area contributed by atoms with E-state index >= 15 is 0 Å². The fourth-order valence-corrected chi connectivity index (χ4v) is 6.05. The van der Waals surface area contributed by atoms with Gasteiger partial charge in [-0.25, -0.2) is 9.37 Å². The Kier molecular flexibility index (Phi) is 6.43. The number of amides is 1. The molecule has 1 amide bonds. The van der Waals surface area contributed by atoms with Crippen molar-refractivity contribution in [3.63, 3.8) is 0 Å². The number of benzene rings is 1. The molecule has 0 saturated carbocycles. The quantitative estimate of drug-likeness (QED) is 0.245. The first-order valence-electron chi connectivity index (χ1n) is 11.7. The van der Waals surface area contributed by atoms with E-state index in [0.717, 1.165) is 28.3 Å². The van der Waals surface area contributed by atoms with Crippen LogP contribution in [0, 0.1) is 12.7 Å². The molecule has 3 N–H and O–H groups in total. The smallest absolute Gasteiger partial charge is 0.257 e. The molecule has 0 spiro atoms. The molecule has 1 aromatic carbocycles. The summed E-state index contributed by atoms with van der Waals surface area (Å²) in [5.74, 6) is -0.942. The van der Waals surface area contributed by atoms with Crippen molar-refractivity contribution in [2.75, 3.05) is 20.0 Å². The largest absolute Gasteiger partial charge is 0.387 e. The minimum atomic E-state index is -1.98. The lowest BCUT2D eigenvalue weighted by Crippen LogP contribution is -2.34. The zero-order valence-corrected chi connectivity index (χ0v) is 21.4. The number of rotatable bonds is 7. The van der Waals surface area contributed by atoms with E-state index in [2.05, 4.69) is 5.32 Å². The Balaban J connectivity index is 1.85. The number of nitrogens with one attached hydrogen (secondary N) is 1. The molecule has 0 bridgehead atoms. The van der Waals surface area contributed by atoms with Crippen molar-refractivity contribution in [3.8, 4) is 11.4 Å². The number of hydrogen-bond acceptors (Lipinski definition) is 8. The van der Waals surface area contributed by atoms with E-state index in [9.17, 15) is 29.0 Å². The number of fused-ring (bicyclic) bond motifs is 4. The molecular formula is C26H26FN3O6S. The number of carbonyl (C=O) groups is 2. The summed E-state index contributed by atoms with van der Waals surface area (Å²) in [5.41, 5.74) is 3.74. The van der Waals surface area contributed by atoms with Crippen LogP contribution in [-0.2, 0) is 38.8 Å². The molecule has 3 aromatic rings. The van der Waals surface area contributed by atoms with Crippen LogP contribution in [0.2, 0.25) is 0 Å². The fourth-order valence-electron chi connectivity index (χ4n) is 5.55. The summed E-state index contributed by atoms with van der Waals surface area (Å²) < 4.78 is 21.6. The number of aliphatic hydroxyl groups excluding tert-OH is 1. The summed E-state index contributed by atoms with van der Waals surface area (Å²) in [6.45, 7) is 1.05. The number of aliphatic hydroxyl groups is 2. The first-order chi connectivity index (χ1) is 17.7. The summed E-state index contributed by atoms with van der Waals surface area (Å²) in [6, 6.07) is 2.43. The van der Waals surface area contributed by atoms with Crippen LogP contribution in [0.3, 0.4) is 0 Å². The maximum absolute atomic E-state index is 14.9. The molecule has 2 atom stereocenters. The van der Waals surface area contributed by atoms with Gasteiger partial charge in [-0.15, -0.1) is 11.8 Å². The third kappa shape index (κ3) is 3.80. The maximum Gasteiger partial charge on any atom is 0.257 e. The Hall–Kier alpha value is -3.12. The first kappa shape index (κ1) is 25.5. The van der Waals surface area contributed by atoms with Gasteiger partial charge in [0.25, 0.3) is 5.56 Å². The van der Waals surface area contributed by atoms with Gasteiger partial charge in [-0.05, 0) is 48.8 Å². The van der Waals surface area contributed by atoms with Crippen LogP contribution in [0.4, 0.5) is 4.39 Å². The number of hydrogen-bond donors (Lipinski definition) is 3. The molecule has 2 unspecified atom stereocenters. The van der Waals surface area contributed by atoms with Crippen molar-refractivity contribution in [3.05, 3.63) is 61.7 Å². The molecule has 3 heterocycles. The number of aldehydes is 1. The number of aryl methyl sites for hydroxylation is 1. The lowest BCUT2D eigenvalue weighted by molar-refractivity contribution is -0.124. The molecule has 0 saturated heterocycles. The van der Waals surface area contributed by atoms with Crippen LogP contribution in [0.5, 0.6) is 0 Å². The summed E-state index contributed by atoms with van der Waals surface area (Å²) >= 11 is 0.878. The van der Waals surface area contributed by atoms with Crippen LogP contribution in [0.15, 0.2) is 16.9 Å². The van der Waals surface area contributed by atoms with Crippen LogP contribution >= 0.6 is 11.8 Å². The Labute approximate surface area is 215 Å². The van der Waals surface area contributed by atoms with Gasteiger partial charge in [0.15, 0.2) is 11.2 Å². The average Bonchev–Trinajstić information content (AvgIpc) is 3.27. The van der Waals surface area contributed by atoms with Gasteiger partial charge in [0, 0.05) is 29.7 Å². The molecule has 1 aliphatic carbocycles. The molecule has 37 heavy (non-hydrogen) atoms. The number of thioether (sulfide) groups is 1. The van der Waals surface area contributed by atoms with Crippen molar-refractivity contribution < 1.29 is 28.9 Å². The van der Waals surface area contributed by atoms with Crippen LogP contribution in [-0.4, -0.2) is 51.9 Å². The van der Waals surface area contributed by atoms with Crippen LogP contribution in [0.25, 0.3) is 22.3 Å². The van der Waals surface area contributed by atoms with Crippen molar-refractivity contribution in [2.45, 2.75) is 43.9 Å². The highest BCUT2D eigenvalue weighted by molar-refractivity contribution is 8.00. The van der Waals surface area contributed by atoms with Crippen molar-refractivity contribution in [2.24, 2.45) is 0 Å². The predicted octanol–water partition coefficient (Wildman–Crippen LogP) is 1.82. The molecule has 2 aromatic heterocycles. The molecule has 0 fully saturated rings. The van der Waals surface area contributed by atoms with Crippen LogP contribution in [0.1, 0.15) is 45.8 Å². The van der Waals surface area contributed by atoms with E-state index in [0.29, 0.717) is 47.2 Å². The topological polar surface area (TPSA) is 131 Å². The lowest BCUT2D eigenvalue weighted by Gasteiger charge is -2.29. The Morgan fingerprint density at radius 1 is 1.41 bits per heavy atom.